The van der Waals surface area contributed by atoms with Gasteiger partial charge in [-0.1, -0.05) is 24.9 Å². The Morgan fingerprint density at radius 1 is 1.48 bits per heavy atom. The molecule has 0 bridgehead atoms. The lowest BCUT2D eigenvalue weighted by atomic mass is 10.1. The van der Waals surface area contributed by atoms with Crippen LogP contribution in [0.2, 0.25) is 5.02 Å². The molecule has 0 unspecified atom stereocenters. The molecule has 2 aliphatic rings. The fraction of sp³-hybridized carbons (Fsp3) is 0.471. The second-order valence-corrected chi connectivity index (χ2v) is 6.77. The zero-order chi connectivity index (χ0) is 18.0. The zero-order valence-corrected chi connectivity index (χ0v) is 14.9. The first-order valence-electron chi connectivity index (χ1n) is 8.46. The maximum atomic E-state index is 11.2. The topological polar surface area (TPSA) is 88.0 Å². The molecule has 134 valence electrons. The lowest BCUT2D eigenvalue weighted by Crippen LogP contribution is -2.36. The summed E-state index contributed by atoms with van der Waals surface area (Å²) in [5, 5.41) is 11.3. The van der Waals surface area contributed by atoms with Crippen LogP contribution in [-0.4, -0.2) is 41.5 Å². The van der Waals surface area contributed by atoms with E-state index < -0.39 is 4.92 Å². The van der Waals surface area contributed by atoms with Crippen LogP contribution in [0, 0.1) is 10.1 Å². The second-order valence-electron chi connectivity index (χ2n) is 6.36. The number of halogens is 1. The first-order valence-corrected chi connectivity index (χ1v) is 8.84. The Morgan fingerprint density at radius 2 is 2.28 bits per heavy atom. The van der Waals surface area contributed by atoms with E-state index in [1.54, 1.807) is 12.1 Å². The van der Waals surface area contributed by atoms with Crippen LogP contribution in [0.4, 0.5) is 11.4 Å². The third-order valence-corrected chi connectivity index (χ3v) is 4.83. The summed E-state index contributed by atoms with van der Waals surface area (Å²) >= 11 is 5.93. The molecule has 8 heteroatoms. The largest absolute Gasteiger partial charge is 0.355 e. The van der Waals surface area contributed by atoms with Crippen molar-refractivity contribution in [3.8, 4) is 0 Å². The van der Waals surface area contributed by atoms with E-state index in [0.717, 1.165) is 49.6 Å². The van der Waals surface area contributed by atoms with Gasteiger partial charge in [-0.05, 0) is 31.1 Å². The van der Waals surface area contributed by atoms with E-state index in [1.165, 1.54) is 6.07 Å². The number of nitro groups is 1. The third-order valence-electron chi connectivity index (χ3n) is 4.51. The molecule has 1 aromatic rings. The lowest BCUT2D eigenvalue weighted by Gasteiger charge is -2.31. The molecule has 2 N–H and O–H groups in total. The van der Waals surface area contributed by atoms with Gasteiger partial charge < -0.3 is 15.5 Å². The third kappa shape index (κ3) is 3.77. The minimum Gasteiger partial charge on any atom is -0.355 e. The van der Waals surface area contributed by atoms with Crippen LogP contribution in [0.25, 0.3) is 0 Å². The normalized spacial score (nSPS) is 20.5. The molecule has 0 radical (unpaired) electrons. The Kier molecular flexibility index (Phi) is 5.24. The number of nitrogens with two attached hydrogens (primary N) is 1. The van der Waals surface area contributed by atoms with Crippen molar-refractivity contribution in [1.82, 2.24) is 4.90 Å². The van der Waals surface area contributed by atoms with Gasteiger partial charge in [-0.25, -0.2) is 4.99 Å². The number of aliphatic imine (C=N–C) groups is 1. The van der Waals surface area contributed by atoms with Gasteiger partial charge in [0.25, 0.3) is 5.69 Å². The molecule has 2 aliphatic heterocycles. The Morgan fingerprint density at radius 3 is 2.92 bits per heavy atom. The molecular weight excluding hydrogens is 342 g/mol. The van der Waals surface area contributed by atoms with E-state index in [2.05, 4.69) is 22.9 Å². The number of benzene rings is 1. The van der Waals surface area contributed by atoms with Crippen molar-refractivity contribution in [2.75, 3.05) is 24.7 Å². The molecule has 1 aromatic carbocycles. The Labute approximate surface area is 151 Å². The Bertz CT molecular complexity index is 734. The second kappa shape index (κ2) is 7.41. The standard InChI is InChI=1S/C17H22ClN5O2/c1-2-3-13-9-17(21-7-6-12(19)10-21)20-11-22(13)14-4-5-15(18)16(8-14)23(24)25/h4-5,8-9,12H,2-3,6-7,10-11,19H2,1H3/t12-/m0/s1. The van der Waals surface area contributed by atoms with Gasteiger partial charge in [0.15, 0.2) is 0 Å². The number of allylic oxidation sites excluding steroid dienone is 1. The van der Waals surface area contributed by atoms with Gasteiger partial charge in [-0.15, -0.1) is 0 Å². The molecule has 1 fully saturated rings. The van der Waals surface area contributed by atoms with Crippen molar-refractivity contribution in [3.63, 3.8) is 0 Å². The van der Waals surface area contributed by atoms with E-state index in [0.29, 0.717) is 6.67 Å². The summed E-state index contributed by atoms with van der Waals surface area (Å²) in [5.41, 5.74) is 7.75. The van der Waals surface area contributed by atoms with Crippen molar-refractivity contribution in [2.45, 2.75) is 32.2 Å². The summed E-state index contributed by atoms with van der Waals surface area (Å²) in [7, 11) is 0. The Hall–Kier alpha value is -2.12. The molecule has 25 heavy (non-hydrogen) atoms. The summed E-state index contributed by atoms with van der Waals surface area (Å²) in [5.74, 6) is 0.955. The summed E-state index contributed by atoms with van der Waals surface area (Å²) < 4.78 is 0. The van der Waals surface area contributed by atoms with E-state index in [1.807, 2.05) is 4.90 Å². The van der Waals surface area contributed by atoms with Crippen LogP contribution in [-0.2, 0) is 0 Å². The molecule has 1 atom stereocenters. The number of hydrogen-bond acceptors (Lipinski definition) is 6. The predicted molar refractivity (Wildman–Crippen MR) is 100 cm³/mol. The highest BCUT2D eigenvalue weighted by molar-refractivity contribution is 6.32. The van der Waals surface area contributed by atoms with Gasteiger partial charge in [-0.2, -0.15) is 0 Å². The van der Waals surface area contributed by atoms with Crippen LogP contribution in [0.1, 0.15) is 26.2 Å². The van der Waals surface area contributed by atoms with Gasteiger partial charge >= 0.3 is 0 Å². The molecule has 3 rings (SSSR count). The first kappa shape index (κ1) is 17.7. The molecule has 0 amide bonds. The predicted octanol–water partition coefficient (Wildman–Crippen LogP) is 3.14. The molecule has 7 nitrogen and oxygen atoms in total. The molecule has 2 heterocycles. The summed E-state index contributed by atoms with van der Waals surface area (Å²) in [6.45, 7) is 4.29. The minimum absolute atomic E-state index is 0.0877. The minimum atomic E-state index is -0.459. The molecule has 0 spiro atoms. The van der Waals surface area contributed by atoms with Crippen LogP contribution in [0.5, 0.6) is 0 Å². The average molecular weight is 364 g/mol. The van der Waals surface area contributed by atoms with Crippen LogP contribution < -0.4 is 10.6 Å². The van der Waals surface area contributed by atoms with Crippen LogP contribution in [0.3, 0.4) is 0 Å². The SMILES string of the molecule is CCCC1=CC(N2CC[C@H](N)C2)=NCN1c1ccc(Cl)c([N+](=O)[O-])c1. The van der Waals surface area contributed by atoms with Crippen molar-refractivity contribution in [2.24, 2.45) is 10.7 Å². The van der Waals surface area contributed by atoms with Crippen molar-refractivity contribution in [1.29, 1.82) is 0 Å². The summed E-state index contributed by atoms with van der Waals surface area (Å²) in [6, 6.07) is 5.07. The average Bonchev–Trinajstić information content (AvgIpc) is 3.02. The maximum Gasteiger partial charge on any atom is 0.289 e. The van der Waals surface area contributed by atoms with Gasteiger partial charge in [0.1, 0.15) is 17.5 Å². The molecule has 0 aliphatic carbocycles. The molecule has 0 aromatic heterocycles. The van der Waals surface area contributed by atoms with Gasteiger partial charge in [0, 0.05) is 36.6 Å². The fourth-order valence-electron chi connectivity index (χ4n) is 3.21. The number of nitro benzene ring substituents is 1. The molecular formula is C17H22ClN5O2. The highest BCUT2D eigenvalue weighted by Gasteiger charge is 2.25. The van der Waals surface area contributed by atoms with Crippen molar-refractivity contribution in [3.05, 3.63) is 45.1 Å². The molecule has 1 saturated heterocycles. The highest BCUT2D eigenvalue weighted by atomic mass is 35.5. The van der Waals surface area contributed by atoms with Crippen LogP contribution >= 0.6 is 11.6 Å². The molecule has 0 saturated carbocycles. The van der Waals surface area contributed by atoms with Gasteiger partial charge in [-0.3, -0.25) is 10.1 Å². The van der Waals surface area contributed by atoms with Crippen LogP contribution in [0.15, 0.2) is 35.0 Å². The van der Waals surface area contributed by atoms with Gasteiger partial charge in [0.05, 0.1) is 4.92 Å². The van der Waals surface area contributed by atoms with E-state index >= 15 is 0 Å². The smallest absolute Gasteiger partial charge is 0.289 e. The first-order chi connectivity index (χ1) is 12.0. The van der Waals surface area contributed by atoms with E-state index in [-0.39, 0.29) is 16.8 Å². The quantitative estimate of drug-likeness (QED) is 0.655. The van der Waals surface area contributed by atoms with Crippen molar-refractivity contribution < 1.29 is 4.92 Å². The lowest BCUT2D eigenvalue weighted by molar-refractivity contribution is -0.384. The van der Waals surface area contributed by atoms with E-state index in [4.69, 9.17) is 17.3 Å². The number of anilines is 1. The highest BCUT2D eigenvalue weighted by Crippen LogP contribution is 2.32. The Balaban J connectivity index is 1.88. The van der Waals surface area contributed by atoms with E-state index in [9.17, 15) is 10.1 Å². The number of rotatable bonds is 4. The summed E-state index contributed by atoms with van der Waals surface area (Å²) in [4.78, 5) is 19.6. The number of likely N-dealkylation sites (tertiary alicyclic amines) is 1. The monoisotopic (exact) mass is 363 g/mol. The van der Waals surface area contributed by atoms with Crippen molar-refractivity contribution >= 4 is 28.8 Å². The number of nitrogens with zero attached hydrogens (tertiary/aromatic N) is 4. The summed E-state index contributed by atoms with van der Waals surface area (Å²) in [6.07, 6.45) is 4.90. The zero-order valence-electron chi connectivity index (χ0n) is 14.2. The van der Waals surface area contributed by atoms with Gasteiger partial charge in [0.2, 0.25) is 0 Å². The number of amidine groups is 1. The fourth-order valence-corrected chi connectivity index (χ4v) is 3.40. The number of hydrogen-bond donors (Lipinski definition) is 1. The maximum absolute atomic E-state index is 11.2.